The summed E-state index contributed by atoms with van der Waals surface area (Å²) in [6, 6.07) is 2.10. The van der Waals surface area contributed by atoms with E-state index in [1.54, 1.807) is 11.3 Å². The fraction of sp³-hybridized carbons (Fsp3) is 0.500. The molecule has 0 bridgehead atoms. The van der Waals surface area contributed by atoms with Gasteiger partial charge in [-0.25, -0.2) is 10.8 Å². The monoisotopic (exact) mass is 313 g/mol. The van der Waals surface area contributed by atoms with Crippen molar-refractivity contribution < 1.29 is 4.21 Å². The van der Waals surface area contributed by atoms with Gasteiger partial charge in [-0.3, -0.25) is 9.63 Å². The minimum absolute atomic E-state index is 0.390. The molecule has 8 heteroatoms. The molecule has 4 N–H and O–H groups in total. The summed E-state index contributed by atoms with van der Waals surface area (Å²) in [7, 11) is -0.782. The van der Waals surface area contributed by atoms with Crippen LogP contribution in [0.3, 0.4) is 0 Å². The van der Waals surface area contributed by atoms with E-state index < -0.39 is 10.8 Å². The Morgan fingerprint density at radius 1 is 1.40 bits per heavy atom. The maximum atomic E-state index is 11.4. The Morgan fingerprint density at radius 2 is 2.20 bits per heavy atom. The third kappa shape index (κ3) is 3.44. The lowest BCUT2D eigenvalue weighted by Gasteiger charge is -2.07. The topological polar surface area (TPSA) is 92.9 Å². The molecular weight excluding hydrogens is 294 g/mol. The van der Waals surface area contributed by atoms with Crippen molar-refractivity contribution in [3.63, 3.8) is 0 Å². The molecule has 0 radical (unpaired) electrons. The molecule has 0 saturated heterocycles. The average Bonchev–Trinajstić information content (AvgIpc) is 2.89. The van der Waals surface area contributed by atoms with Gasteiger partial charge < -0.3 is 5.32 Å². The normalized spacial score (nSPS) is 12.6. The van der Waals surface area contributed by atoms with Gasteiger partial charge in [-0.05, 0) is 12.5 Å². The molecule has 20 heavy (non-hydrogen) atoms. The van der Waals surface area contributed by atoms with Crippen molar-refractivity contribution in [1.29, 1.82) is 0 Å². The number of thiophene rings is 1. The SMILES string of the molecule is CCc1cc2c(NCCS(=O)CC)nc(NN)nc2s1. The van der Waals surface area contributed by atoms with E-state index in [0.29, 0.717) is 24.0 Å². The molecule has 2 aromatic rings. The lowest BCUT2D eigenvalue weighted by atomic mass is 10.3. The van der Waals surface area contributed by atoms with E-state index in [9.17, 15) is 4.21 Å². The first-order valence-corrected chi connectivity index (χ1v) is 8.84. The maximum absolute atomic E-state index is 11.4. The van der Waals surface area contributed by atoms with Crippen molar-refractivity contribution in [2.24, 2.45) is 5.84 Å². The van der Waals surface area contributed by atoms with Gasteiger partial charge in [0.05, 0.1) is 5.39 Å². The number of nitrogens with zero attached hydrogens (tertiary/aromatic N) is 2. The smallest absolute Gasteiger partial charge is 0.240 e. The zero-order valence-corrected chi connectivity index (χ0v) is 13.2. The largest absolute Gasteiger partial charge is 0.368 e. The molecule has 1 atom stereocenters. The molecule has 0 fully saturated rings. The molecule has 2 heterocycles. The number of hydrazine groups is 1. The predicted molar refractivity (Wildman–Crippen MR) is 86.6 cm³/mol. The van der Waals surface area contributed by atoms with Crippen molar-refractivity contribution >= 4 is 44.1 Å². The van der Waals surface area contributed by atoms with Crippen LogP contribution in [-0.2, 0) is 17.2 Å². The Balaban J connectivity index is 2.25. The number of aromatic nitrogens is 2. The molecule has 0 spiro atoms. The summed E-state index contributed by atoms with van der Waals surface area (Å²) in [6.45, 7) is 4.65. The van der Waals surface area contributed by atoms with E-state index in [2.05, 4.69) is 33.7 Å². The first-order valence-electron chi connectivity index (χ1n) is 6.53. The summed E-state index contributed by atoms with van der Waals surface area (Å²) in [4.78, 5) is 10.9. The molecule has 0 aromatic carbocycles. The van der Waals surface area contributed by atoms with Crippen LogP contribution in [-0.4, -0.2) is 32.2 Å². The van der Waals surface area contributed by atoms with E-state index in [-0.39, 0.29) is 0 Å². The molecule has 110 valence electrons. The average molecular weight is 313 g/mol. The van der Waals surface area contributed by atoms with Crippen LogP contribution in [0.5, 0.6) is 0 Å². The summed E-state index contributed by atoms with van der Waals surface area (Å²) in [5, 5.41) is 4.23. The molecule has 0 saturated carbocycles. The molecule has 2 rings (SSSR count). The number of fused-ring (bicyclic) bond motifs is 1. The van der Waals surface area contributed by atoms with Crippen LogP contribution in [0.15, 0.2) is 6.07 Å². The summed E-state index contributed by atoms with van der Waals surface area (Å²) in [5.41, 5.74) is 2.48. The molecule has 0 amide bonds. The van der Waals surface area contributed by atoms with Crippen LogP contribution < -0.4 is 16.6 Å². The highest BCUT2D eigenvalue weighted by Crippen LogP contribution is 2.30. The van der Waals surface area contributed by atoms with Crippen molar-refractivity contribution in [2.45, 2.75) is 20.3 Å². The summed E-state index contributed by atoms with van der Waals surface area (Å²) >= 11 is 1.64. The maximum Gasteiger partial charge on any atom is 0.240 e. The van der Waals surface area contributed by atoms with Gasteiger partial charge in [-0.1, -0.05) is 13.8 Å². The summed E-state index contributed by atoms with van der Waals surface area (Å²) < 4.78 is 11.4. The van der Waals surface area contributed by atoms with Gasteiger partial charge in [-0.15, -0.1) is 11.3 Å². The first-order chi connectivity index (χ1) is 9.67. The second-order valence-electron chi connectivity index (χ2n) is 4.18. The zero-order chi connectivity index (χ0) is 14.5. The van der Waals surface area contributed by atoms with E-state index in [0.717, 1.165) is 22.5 Å². The quantitative estimate of drug-likeness (QED) is 0.532. The second kappa shape index (κ2) is 6.96. The minimum Gasteiger partial charge on any atom is -0.368 e. The number of hydrogen-bond acceptors (Lipinski definition) is 7. The molecule has 0 aliphatic rings. The van der Waals surface area contributed by atoms with Gasteiger partial charge in [0.2, 0.25) is 5.95 Å². The molecule has 2 aromatic heterocycles. The van der Waals surface area contributed by atoms with E-state index in [1.165, 1.54) is 4.88 Å². The third-order valence-corrected chi connectivity index (χ3v) is 5.34. The van der Waals surface area contributed by atoms with Crippen molar-refractivity contribution in [2.75, 3.05) is 28.8 Å². The number of nitrogen functional groups attached to an aromatic ring is 1. The Bertz CT molecular complexity index is 613. The zero-order valence-electron chi connectivity index (χ0n) is 11.6. The van der Waals surface area contributed by atoms with E-state index in [1.807, 2.05) is 6.92 Å². The van der Waals surface area contributed by atoms with Crippen LogP contribution in [0.25, 0.3) is 10.2 Å². The van der Waals surface area contributed by atoms with Crippen LogP contribution in [0.1, 0.15) is 18.7 Å². The second-order valence-corrected chi connectivity index (χ2v) is 7.17. The third-order valence-electron chi connectivity index (χ3n) is 2.87. The number of nitrogens with two attached hydrogens (primary N) is 1. The van der Waals surface area contributed by atoms with Gasteiger partial charge in [0.15, 0.2) is 0 Å². The van der Waals surface area contributed by atoms with Crippen molar-refractivity contribution in [1.82, 2.24) is 9.97 Å². The number of hydrogen-bond donors (Lipinski definition) is 3. The minimum atomic E-state index is -0.782. The molecule has 1 unspecified atom stereocenters. The van der Waals surface area contributed by atoms with E-state index >= 15 is 0 Å². The van der Waals surface area contributed by atoms with E-state index in [4.69, 9.17) is 5.84 Å². The lowest BCUT2D eigenvalue weighted by Crippen LogP contribution is -2.15. The molecule has 6 nitrogen and oxygen atoms in total. The Labute approximate surface area is 124 Å². The van der Waals surface area contributed by atoms with Crippen LogP contribution in [0.2, 0.25) is 0 Å². The number of rotatable bonds is 7. The molecule has 0 aliphatic heterocycles. The fourth-order valence-electron chi connectivity index (χ4n) is 1.77. The highest BCUT2D eigenvalue weighted by molar-refractivity contribution is 7.84. The fourth-order valence-corrected chi connectivity index (χ4v) is 3.36. The van der Waals surface area contributed by atoms with Crippen molar-refractivity contribution in [3.05, 3.63) is 10.9 Å². The van der Waals surface area contributed by atoms with Gasteiger partial charge >= 0.3 is 0 Å². The Hall–Kier alpha value is -1.25. The Kier molecular flexibility index (Phi) is 5.27. The Morgan fingerprint density at radius 3 is 2.85 bits per heavy atom. The van der Waals surface area contributed by atoms with Gasteiger partial charge in [0, 0.05) is 33.7 Å². The standard InChI is InChI=1S/C12H19N5OS2/c1-3-8-7-9-10(14-5-6-20(18)4-2)15-12(17-13)16-11(9)19-8/h7H,3-6,13H2,1-2H3,(H2,14,15,16,17). The van der Waals surface area contributed by atoms with Crippen LogP contribution in [0, 0.1) is 0 Å². The summed E-state index contributed by atoms with van der Waals surface area (Å²) in [5.74, 6) is 7.82. The predicted octanol–water partition coefficient (Wildman–Crippen LogP) is 1.72. The van der Waals surface area contributed by atoms with Gasteiger partial charge in [-0.2, -0.15) is 4.98 Å². The number of nitrogens with one attached hydrogen (secondary N) is 2. The summed E-state index contributed by atoms with van der Waals surface area (Å²) in [6.07, 6.45) is 0.964. The molecular formula is C12H19N5OS2. The highest BCUT2D eigenvalue weighted by Gasteiger charge is 2.11. The highest BCUT2D eigenvalue weighted by atomic mass is 32.2. The van der Waals surface area contributed by atoms with Crippen molar-refractivity contribution in [3.8, 4) is 0 Å². The van der Waals surface area contributed by atoms with Gasteiger partial charge in [0.25, 0.3) is 0 Å². The van der Waals surface area contributed by atoms with Crippen LogP contribution in [0.4, 0.5) is 11.8 Å². The van der Waals surface area contributed by atoms with Crippen LogP contribution >= 0.6 is 11.3 Å². The first kappa shape index (κ1) is 15.1. The molecule has 0 aliphatic carbocycles. The van der Waals surface area contributed by atoms with Gasteiger partial charge in [0.1, 0.15) is 10.6 Å². The number of anilines is 2. The number of aryl methyl sites for hydroxylation is 1. The lowest BCUT2D eigenvalue weighted by molar-refractivity contribution is 0.684.